The predicted octanol–water partition coefficient (Wildman–Crippen LogP) is 1.93. The molecule has 0 radical (unpaired) electrons. The molecule has 0 aromatic carbocycles. The van der Waals surface area contributed by atoms with Gasteiger partial charge < -0.3 is 26.6 Å². The molecule has 0 spiro atoms. The summed E-state index contributed by atoms with van der Waals surface area (Å²) in [5.41, 5.74) is 0. The van der Waals surface area contributed by atoms with Crippen molar-refractivity contribution < 1.29 is 52.9 Å². The fourth-order valence-electron chi connectivity index (χ4n) is 1.19. The Bertz CT molecular complexity index is 258. The van der Waals surface area contributed by atoms with Gasteiger partial charge in [-0.15, -0.1) is 0 Å². The molecule has 0 aromatic heterocycles. The van der Waals surface area contributed by atoms with Gasteiger partial charge in [-0.1, -0.05) is 0 Å². The summed E-state index contributed by atoms with van der Waals surface area (Å²) in [6.45, 7) is 0. The lowest BCUT2D eigenvalue weighted by Crippen LogP contribution is -2.56. The van der Waals surface area contributed by atoms with Gasteiger partial charge in [-0.25, -0.2) is 0 Å². The van der Waals surface area contributed by atoms with Gasteiger partial charge in [-0.3, -0.25) is 0 Å². The van der Waals surface area contributed by atoms with Crippen LogP contribution in [-0.4, -0.2) is 71.9 Å². The Morgan fingerprint density at radius 1 is 0.455 bits per heavy atom. The molecule has 0 N–H and O–H groups in total. The van der Waals surface area contributed by atoms with Crippen molar-refractivity contribution in [1.29, 1.82) is 0 Å². The molecule has 0 saturated heterocycles. The third-order valence-corrected chi connectivity index (χ3v) is 6.92. The standard InChI is InChI=1S/2C4H9F3O3Si/c2*1-8-11(9-2,10-3)4(5,6)7/h2*1-3H3. The Morgan fingerprint density at radius 3 is 0.591 bits per heavy atom. The third kappa shape index (κ3) is 5.45. The van der Waals surface area contributed by atoms with Crippen LogP contribution in [0.25, 0.3) is 0 Å². The average molecular weight is 380 g/mol. The summed E-state index contributed by atoms with van der Waals surface area (Å²) in [6.07, 6.45) is 0. The number of rotatable bonds is 6. The van der Waals surface area contributed by atoms with Crippen molar-refractivity contribution in [2.24, 2.45) is 0 Å². The lowest BCUT2D eigenvalue weighted by Gasteiger charge is -2.25. The fourth-order valence-corrected chi connectivity index (χ4v) is 3.58. The monoisotopic (exact) mass is 380 g/mol. The van der Waals surface area contributed by atoms with E-state index in [1.807, 2.05) is 0 Å². The summed E-state index contributed by atoms with van der Waals surface area (Å²) in [5, 5.41) is 0. The van der Waals surface area contributed by atoms with Crippen molar-refractivity contribution >= 4 is 17.6 Å². The average Bonchev–Trinajstić information content (AvgIpc) is 2.41. The molecule has 0 aliphatic carbocycles. The molecule has 0 bridgehead atoms. The molecule has 22 heavy (non-hydrogen) atoms. The highest BCUT2D eigenvalue weighted by atomic mass is 28.4. The van der Waals surface area contributed by atoms with Crippen LogP contribution in [0.1, 0.15) is 0 Å². The summed E-state index contributed by atoms with van der Waals surface area (Å²) >= 11 is 0. The second-order valence-electron chi connectivity index (χ2n) is 3.33. The van der Waals surface area contributed by atoms with E-state index < -0.39 is 29.2 Å². The Labute approximate surface area is 125 Å². The molecule has 0 aliphatic rings. The van der Waals surface area contributed by atoms with E-state index in [1.165, 1.54) is 0 Å². The molecule has 0 saturated carbocycles. The Hall–Kier alpha value is -0.226. The molecular weight excluding hydrogens is 362 g/mol. The van der Waals surface area contributed by atoms with Gasteiger partial charge in [-0.05, 0) is 0 Å². The van der Waals surface area contributed by atoms with Gasteiger partial charge in [-0.2, -0.15) is 26.3 Å². The Morgan fingerprint density at radius 2 is 0.591 bits per heavy atom. The third-order valence-electron chi connectivity index (χ3n) is 2.31. The maximum Gasteiger partial charge on any atom is 0.615 e. The molecule has 6 nitrogen and oxygen atoms in total. The maximum atomic E-state index is 12.1. The van der Waals surface area contributed by atoms with Crippen molar-refractivity contribution in [3.8, 4) is 0 Å². The van der Waals surface area contributed by atoms with E-state index in [0.717, 1.165) is 42.7 Å². The molecule has 136 valence electrons. The first-order chi connectivity index (χ1) is 9.86. The van der Waals surface area contributed by atoms with Crippen LogP contribution < -0.4 is 0 Å². The van der Waals surface area contributed by atoms with Crippen molar-refractivity contribution in [3.05, 3.63) is 0 Å². The van der Waals surface area contributed by atoms with Crippen molar-refractivity contribution in [1.82, 2.24) is 0 Å². The zero-order valence-corrected chi connectivity index (χ0v) is 14.7. The number of alkyl halides is 6. The zero-order chi connectivity index (χ0) is 18.2. The first-order valence-electron chi connectivity index (χ1n) is 5.31. The van der Waals surface area contributed by atoms with Crippen LogP contribution in [0.3, 0.4) is 0 Å². The van der Waals surface area contributed by atoms with E-state index in [1.54, 1.807) is 0 Å². The van der Waals surface area contributed by atoms with Crippen LogP contribution in [0, 0.1) is 0 Å². The SMILES string of the molecule is CO[Si](OC)(OC)C(F)(F)F.CO[Si](OC)(OC)C(F)(F)F. The van der Waals surface area contributed by atoms with E-state index in [0.29, 0.717) is 0 Å². The fraction of sp³-hybridized carbons (Fsp3) is 1.00. The summed E-state index contributed by atoms with van der Waals surface area (Å²) < 4.78 is 97.4. The van der Waals surface area contributed by atoms with Gasteiger partial charge in [0.25, 0.3) is 0 Å². The Kier molecular flexibility index (Phi) is 10.0. The molecule has 0 aromatic rings. The van der Waals surface area contributed by atoms with Gasteiger partial charge in [0.15, 0.2) is 0 Å². The van der Waals surface area contributed by atoms with Gasteiger partial charge in [0, 0.05) is 42.7 Å². The quantitative estimate of drug-likeness (QED) is 0.519. The highest BCUT2D eigenvalue weighted by Gasteiger charge is 2.66. The molecule has 0 aliphatic heterocycles. The van der Waals surface area contributed by atoms with Crippen molar-refractivity contribution in [3.63, 3.8) is 0 Å². The topological polar surface area (TPSA) is 55.4 Å². The van der Waals surface area contributed by atoms with Crippen molar-refractivity contribution in [2.75, 3.05) is 42.7 Å². The molecular formula is C8H18F6O6Si2. The molecule has 0 heterocycles. The van der Waals surface area contributed by atoms with Gasteiger partial charge >= 0.3 is 29.2 Å². The van der Waals surface area contributed by atoms with Crippen LogP contribution in [0.4, 0.5) is 26.3 Å². The van der Waals surface area contributed by atoms with E-state index in [4.69, 9.17) is 0 Å². The zero-order valence-electron chi connectivity index (χ0n) is 12.7. The lowest BCUT2D eigenvalue weighted by molar-refractivity contribution is -0.122. The second-order valence-corrected chi connectivity index (χ2v) is 9.14. The smallest absolute Gasteiger partial charge is 0.371 e. The summed E-state index contributed by atoms with van der Waals surface area (Å²) in [6, 6.07) is 0. The minimum absolute atomic E-state index is 0.909. The number of halogens is 6. The first-order valence-corrected chi connectivity index (χ1v) is 8.76. The van der Waals surface area contributed by atoms with Crippen LogP contribution in [0.5, 0.6) is 0 Å². The van der Waals surface area contributed by atoms with Crippen LogP contribution in [0.2, 0.25) is 0 Å². The lowest BCUT2D eigenvalue weighted by atomic mass is 11.5. The van der Waals surface area contributed by atoms with E-state index in [-0.39, 0.29) is 0 Å². The normalized spacial score (nSPS) is 13.6. The highest BCUT2D eigenvalue weighted by Crippen LogP contribution is 2.30. The number of hydrogen-bond donors (Lipinski definition) is 0. The molecule has 0 rings (SSSR count). The predicted molar refractivity (Wildman–Crippen MR) is 65.7 cm³/mol. The van der Waals surface area contributed by atoms with E-state index in [9.17, 15) is 26.3 Å². The molecule has 0 fully saturated rings. The van der Waals surface area contributed by atoms with E-state index >= 15 is 0 Å². The highest BCUT2D eigenvalue weighted by molar-refractivity contribution is 6.63. The molecule has 0 amide bonds. The van der Waals surface area contributed by atoms with E-state index in [2.05, 4.69) is 26.6 Å². The molecule has 0 unspecified atom stereocenters. The largest absolute Gasteiger partial charge is 0.615 e. The first kappa shape index (κ1) is 24.0. The van der Waals surface area contributed by atoms with Crippen LogP contribution in [0.15, 0.2) is 0 Å². The maximum absolute atomic E-state index is 12.1. The van der Waals surface area contributed by atoms with Crippen LogP contribution in [-0.2, 0) is 26.6 Å². The summed E-state index contributed by atoms with van der Waals surface area (Å²) in [7, 11) is -3.38. The van der Waals surface area contributed by atoms with Crippen LogP contribution >= 0.6 is 0 Å². The minimum atomic E-state index is -4.56. The summed E-state index contributed by atoms with van der Waals surface area (Å²) in [4.78, 5) is 0. The molecule has 14 heteroatoms. The molecule has 0 atom stereocenters. The number of hydrogen-bond acceptors (Lipinski definition) is 6. The second kappa shape index (κ2) is 9.16. The van der Waals surface area contributed by atoms with Gasteiger partial charge in [0.1, 0.15) is 0 Å². The van der Waals surface area contributed by atoms with Gasteiger partial charge in [0.05, 0.1) is 0 Å². The summed E-state index contributed by atoms with van der Waals surface area (Å²) in [5.74, 6) is -9.13. The van der Waals surface area contributed by atoms with Gasteiger partial charge in [0.2, 0.25) is 0 Å². The van der Waals surface area contributed by atoms with Crippen molar-refractivity contribution in [2.45, 2.75) is 11.6 Å². The Balaban J connectivity index is 0. The minimum Gasteiger partial charge on any atom is -0.371 e.